The van der Waals surface area contributed by atoms with E-state index in [2.05, 4.69) is 13.8 Å². The number of halogens is 2. The van der Waals surface area contributed by atoms with Gasteiger partial charge in [0, 0.05) is 5.56 Å². The number of nitrogens with zero attached hydrogens (tertiary/aromatic N) is 2. The zero-order valence-electron chi connectivity index (χ0n) is 10.5. The minimum absolute atomic E-state index is 0.381. The largest absolute Gasteiger partial charge is 0.250 e. The van der Waals surface area contributed by atoms with Crippen LogP contribution in [0, 0.1) is 0 Å². The predicted molar refractivity (Wildman–Crippen MR) is 73.0 cm³/mol. The average Bonchev–Trinajstić information content (AvgIpc) is 2.67. The van der Waals surface area contributed by atoms with Crippen LogP contribution in [-0.4, -0.2) is 9.78 Å². The first-order chi connectivity index (χ1) is 8.15. The second kappa shape index (κ2) is 5.62. The molecule has 1 fully saturated rings. The van der Waals surface area contributed by atoms with Gasteiger partial charge in [0.2, 0.25) is 0 Å². The van der Waals surface area contributed by atoms with Crippen LogP contribution in [-0.2, 0) is 5.88 Å². The van der Waals surface area contributed by atoms with Crippen LogP contribution in [0.25, 0.3) is 0 Å². The molecule has 0 unspecified atom stereocenters. The Hall–Kier alpha value is -0.210. The molecule has 0 atom stereocenters. The van der Waals surface area contributed by atoms with Crippen molar-refractivity contribution in [3.05, 3.63) is 16.4 Å². The maximum absolute atomic E-state index is 6.42. The van der Waals surface area contributed by atoms with Gasteiger partial charge in [-0.3, -0.25) is 4.68 Å². The molecule has 1 aliphatic carbocycles. The molecule has 0 amide bonds. The van der Waals surface area contributed by atoms with E-state index < -0.39 is 0 Å². The summed E-state index contributed by atoms with van der Waals surface area (Å²) in [6, 6.07) is 0.478. The van der Waals surface area contributed by atoms with Gasteiger partial charge < -0.3 is 0 Å². The molecule has 1 aliphatic rings. The van der Waals surface area contributed by atoms with Crippen LogP contribution in [0.1, 0.15) is 69.2 Å². The predicted octanol–water partition coefficient (Wildman–Crippen LogP) is 4.90. The second-order valence-electron chi connectivity index (χ2n) is 5.18. The van der Waals surface area contributed by atoms with Crippen LogP contribution in [0.3, 0.4) is 0 Å². The van der Waals surface area contributed by atoms with E-state index in [9.17, 15) is 0 Å². The van der Waals surface area contributed by atoms with Crippen molar-refractivity contribution < 1.29 is 0 Å². The number of rotatable bonds is 3. The number of hydrogen-bond donors (Lipinski definition) is 0. The Kier molecular flexibility index (Phi) is 4.37. The summed E-state index contributed by atoms with van der Waals surface area (Å²) in [4.78, 5) is 0. The fourth-order valence-electron chi connectivity index (χ4n) is 2.62. The highest BCUT2D eigenvalue weighted by Crippen LogP contribution is 2.34. The molecule has 0 saturated heterocycles. The minimum atomic E-state index is 0.381. The van der Waals surface area contributed by atoms with E-state index in [4.69, 9.17) is 28.3 Å². The first kappa shape index (κ1) is 13.2. The fraction of sp³-hybridized carbons (Fsp3) is 0.769. The summed E-state index contributed by atoms with van der Waals surface area (Å²) in [6.45, 7) is 4.28. The summed E-state index contributed by atoms with van der Waals surface area (Å²) < 4.78 is 2.02. The average molecular weight is 275 g/mol. The van der Waals surface area contributed by atoms with E-state index in [0.29, 0.717) is 17.8 Å². The molecule has 96 valence electrons. The molecule has 17 heavy (non-hydrogen) atoms. The number of hydrogen-bond acceptors (Lipinski definition) is 1. The summed E-state index contributed by atoms with van der Waals surface area (Å²) in [5, 5.41) is 5.46. The lowest BCUT2D eigenvalue weighted by Gasteiger charge is -2.22. The molecule has 0 N–H and O–H groups in total. The Morgan fingerprint density at radius 1 is 1.29 bits per heavy atom. The van der Waals surface area contributed by atoms with E-state index in [1.807, 2.05) is 4.68 Å². The summed E-state index contributed by atoms with van der Waals surface area (Å²) in [7, 11) is 0. The van der Waals surface area contributed by atoms with Gasteiger partial charge >= 0.3 is 0 Å². The molecule has 1 aromatic heterocycles. The number of aromatic nitrogens is 2. The zero-order chi connectivity index (χ0) is 12.4. The SMILES string of the molecule is CC(C)c1nn(C2CCCCC2)c(Cl)c1CCl. The maximum Gasteiger partial charge on any atom is 0.132 e. The van der Waals surface area contributed by atoms with E-state index in [0.717, 1.165) is 16.4 Å². The lowest BCUT2D eigenvalue weighted by Crippen LogP contribution is -2.14. The quantitative estimate of drug-likeness (QED) is 0.717. The molecular formula is C13H20Cl2N2. The summed E-state index contributed by atoms with van der Waals surface area (Å²) in [5.41, 5.74) is 2.09. The third-order valence-corrected chi connectivity index (χ3v) is 4.24. The minimum Gasteiger partial charge on any atom is -0.250 e. The molecule has 0 radical (unpaired) electrons. The van der Waals surface area contributed by atoms with Gasteiger partial charge in [-0.1, -0.05) is 44.7 Å². The normalized spacial score (nSPS) is 17.9. The molecular weight excluding hydrogens is 255 g/mol. The van der Waals surface area contributed by atoms with Crippen molar-refractivity contribution in [1.82, 2.24) is 9.78 Å². The Morgan fingerprint density at radius 3 is 2.41 bits per heavy atom. The van der Waals surface area contributed by atoms with Gasteiger partial charge in [0.15, 0.2) is 0 Å². The van der Waals surface area contributed by atoms with Gasteiger partial charge in [-0.25, -0.2) is 0 Å². The Morgan fingerprint density at radius 2 is 1.94 bits per heavy atom. The zero-order valence-corrected chi connectivity index (χ0v) is 12.1. The molecule has 2 nitrogen and oxygen atoms in total. The Bertz CT molecular complexity index is 379. The highest BCUT2D eigenvalue weighted by atomic mass is 35.5. The highest BCUT2D eigenvalue weighted by Gasteiger charge is 2.23. The van der Waals surface area contributed by atoms with Gasteiger partial charge in [0.05, 0.1) is 17.6 Å². The molecule has 1 heterocycles. The van der Waals surface area contributed by atoms with Crippen molar-refractivity contribution in [2.75, 3.05) is 0 Å². The highest BCUT2D eigenvalue weighted by molar-refractivity contribution is 6.31. The molecule has 0 spiro atoms. The van der Waals surface area contributed by atoms with E-state index in [1.165, 1.54) is 32.1 Å². The summed E-state index contributed by atoms with van der Waals surface area (Å²) in [6.07, 6.45) is 6.30. The molecule has 0 aliphatic heterocycles. The van der Waals surface area contributed by atoms with Crippen LogP contribution in [0.5, 0.6) is 0 Å². The molecule has 4 heteroatoms. The second-order valence-corrected chi connectivity index (χ2v) is 5.80. The van der Waals surface area contributed by atoms with Gasteiger partial charge in [-0.2, -0.15) is 5.10 Å². The topological polar surface area (TPSA) is 17.8 Å². The third-order valence-electron chi connectivity index (χ3n) is 3.58. The maximum atomic E-state index is 6.42. The Labute approximate surface area is 113 Å². The monoisotopic (exact) mass is 274 g/mol. The standard InChI is InChI=1S/C13H20Cl2N2/c1-9(2)12-11(8-14)13(15)17(16-12)10-6-4-3-5-7-10/h9-10H,3-8H2,1-2H3. The molecule has 0 aromatic carbocycles. The van der Waals surface area contributed by atoms with Crippen molar-refractivity contribution in [2.24, 2.45) is 0 Å². The van der Waals surface area contributed by atoms with Crippen molar-refractivity contribution in [3.8, 4) is 0 Å². The molecule has 2 rings (SSSR count). The molecule has 0 bridgehead atoms. The smallest absolute Gasteiger partial charge is 0.132 e. The summed E-state index contributed by atoms with van der Waals surface area (Å²) >= 11 is 12.4. The summed E-state index contributed by atoms with van der Waals surface area (Å²) in [5.74, 6) is 0.838. The van der Waals surface area contributed by atoms with Gasteiger partial charge in [-0.05, 0) is 18.8 Å². The van der Waals surface area contributed by atoms with Crippen molar-refractivity contribution in [2.45, 2.75) is 63.8 Å². The van der Waals surface area contributed by atoms with Crippen LogP contribution in [0.4, 0.5) is 0 Å². The van der Waals surface area contributed by atoms with Crippen LogP contribution in [0.15, 0.2) is 0 Å². The van der Waals surface area contributed by atoms with Crippen molar-refractivity contribution in [3.63, 3.8) is 0 Å². The lowest BCUT2D eigenvalue weighted by atomic mass is 9.96. The number of alkyl halides is 1. The first-order valence-corrected chi connectivity index (χ1v) is 7.39. The van der Waals surface area contributed by atoms with Gasteiger partial charge in [0.1, 0.15) is 5.15 Å². The van der Waals surface area contributed by atoms with E-state index in [1.54, 1.807) is 0 Å². The van der Waals surface area contributed by atoms with Crippen LogP contribution in [0.2, 0.25) is 5.15 Å². The van der Waals surface area contributed by atoms with Crippen molar-refractivity contribution in [1.29, 1.82) is 0 Å². The van der Waals surface area contributed by atoms with Crippen LogP contribution >= 0.6 is 23.2 Å². The molecule has 1 saturated carbocycles. The third kappa shape index (κ3) is 2.63. The van der Waals surface area contributed by atoms with Crippen LogP contribution < -0.4 is 0 Å². The lowest BCUT2D eigenvalue weighted by molar-refractivity contribution is 0.328. The molecule has 1 aromatic rings. The fourth-order valence-corrected chi connectivity index (χ4v) is 3.29. The van der Waals surface area contributed by atoms with Gasteiger partial charge in [0.25, 0.3) is 0 Å². The Balaban J connectivity index is 2.33. The van der Waals surface area contributed by atoms with Crippen molar-refractivity contribution >= 4 is 23.2 Å². The van der Waals surface area contributed by atoms with E-state index >= 15 is 0 Å². The first-order valence-electron chi connectivity index (χ1n) is 6.48. The van der Waals surface area contributed by atoms with Gasteiger partial charge in [-0.15, -0.1) is 11.6 Å². The van der Waals surface area contributed by atoms with E-state index in [-0.39, 0.29) is 0 Å².